The molecule has 166 valence electrons. The second-order valence-corrected chi connectivity index (χ2v) is 7.98. The lowest BCUT2D eigenvalue weighted by atomic mass is 10.1. The van der Waals surface area contributed by atoms with Crippen molar-refractivity contribution in [3.05, 3.63) is 64.7 Å². The summed E-state index contributed by atoms with van der Waals surface area (Å²) >= 11 is 5.76. The first-order valence-corrected chi connectivity index (χ1v) is 10.3. The van der Waals surface area contributed by atoms with Gasteiger partial charge in [0.25, 0.3) is 0 Å². The maximum Gasteiger partial charge on any atom is 0.243 e. The molecule has 2 aromatic carbocycles. The summed E-state index contributed by atoms with van der Waals surface area (Å²) in [5, 5.41) is 3.13. The third kappa shape index (κ3) is 4.34. The average Bonchev–Trinajstić information content (AvgIpc) is 3.17. The molecule has 2 amide bonds. The highest BCUT2D eigenvalue weighted by atomic mass is 35.5. The summed E-state index contributed by atoms with van der Waals surface area (Å²) in [6.45, 7) is -0.315. The molecule has 0 unspecified atom stereocenters. The van der Waals surface area contributed by atoms with Crippen molar-refractivity contribution < 1.29 is 18.4 Å². The molecule has 2 heterocycles. The monoisotopic (exact) mass is 459 g/mol. The number of likely N-dealkylation sites (tertiary alicyclic amines) is 1. The number of benzene rings is 2. The third-order valence-electron chi connectivity index (χ3n) is 5.48. The van der Waals surface area contributed by atoms with Gasteiger partial charge in [-0.1, -0.05) is 35.9 Å². The molecule has 3 N–H and O–H groups in total. The molecule has 1 aliphatic rings. The first-order chi connectivity index (χ1) is 15.3. The lowest BCUT2D eigenvalue weighted by molar-refractivity contribution is -0.138. The largest absolute Gasteiger partial charge is 0.383 e. The van der Waals surface area contributed by atoms with Crippen LogP contribution in [-0.2, 0) is 22.6 Å². The van der Waals surface area contributed by atoms with Crippen molar-refractivity contribution in [2.75, 3.05) is 12.3 Å². The Labute approximate surface area is 187 Å². The van der Waals surface area contributed by atoms with Gasteiger partial charge in [-0.2, -0.15) is 0 Å². The van der Waals surface area contributed by atoms with Gasteiger partial charge >= 0.3 is 0 Å². The van der Waals surface area contributed by atoms with Gasteiger partial charge in [-0.25, -0.2) is 18.7 Å². The van der Waals surface area contributed by atoms with Gasteiger partial charge in [-0.3, -0.25) is 9.59 Å². The van der Waals surface area contributed by atoms with E-state index in [0.717, 1.165) is 0 Å². The quantitative estimate of drug-likeness (QED) is 0.611. The number of nitrogen functional groups attached to an aromatic ring is 1. The van der Waals surface area contributed by atoms with Crippen LogP contribution in [0.1, 0.15) is 17.5 Å². The number of amides is 2. The number of anilines is 1. The summed E-state index contributed by atoms with van der Waals surface area (Å²) < 4.78 is 28.2. The van der Waals surface area contributed by atoms with Crippen molar-refractivity contribution >= 4 is 40.1 Å². The number of hydrogen-bond donors (Lipinski definition) is 2. The van der Waals surface area contributed by atoms with Crippen molar-refractivity contribution in [3.63, 3.8) is 0 Å². The minimum atomic E-state index is -1.33. The number of halogens is 3. The molecule has 7 nitrogen and oxygen atoms in total. The molecule has 0 saturated carbocycles. The fourth-order valence-electron chi connectivity index (χ4n) is 3.87. The van der Waals surface area contributed by atoms with E-state index >= 15 is 0 Å². The topological polar surface area (TPSA) is 101 Å². The highest BCUT2D eigenvalue weighted by Crippen LogP contribution is 2.25. The van der Waals surface area contributed by atoms with E-state index in [4.69, 9.17) is 17.3 Å². The first-order valence-electron chi connectivity index (χ1n) is 9.97. The molecule has 1 aromatic heterocycles. The predicted octanol–water partition coefficient (Wildman–Crippen LogP) is 2.80. The summed E-state index contributed by atoms with van der Waals surface area (Å²) in [4.78, 5) is 35.1. The van der Waals surface area contributed by atoms with E-state index in [-0.39, 0.29) is 36.5 Å². The number of carbonyl (C=O) groups excluding carboxylic acids is 2. The number of aromatic nitrogens is 2. The number of nitrogens with one attached hydrogen (secondary N) is 1. The number of nitrogens with two attached hydrogens (primary N) is 1. The molecule has 0 radical (unpaired) electrons. The molecular formula is C22H20ClF2N5O2. The number of rotatable bonds is 5. The van der Waals surface area contributed by atoms with E-state index < -0.39 is 29.8 Å². The molecule has 1 fully saturated rings. The van der Waals surface area contributed by atoms with Crippen molar-refractivity contribution in [2.45, 2.75) is 31.6 Å². The first kappa shape index (κ1) is 21.9. The van der Waals surface area contributed by atoms with E-state index in [1.807, 2.05) is 0 Å². The lowest BCUT2D eigenvalue weighted by Gasteiger charge is -2.24. The van der Waals surface area contributed by atoms with Gasteiger partial charge in [0.15, 0.2) is 0 Å². The van der Waals surface area contributed by atoms with E-state index in [0.29, 0.717) is 22.3 Å². The number of nitrogens with zero attached hydrogens (tertiary/aromatic N) is 3. The summed E-state index contributed by atoms with van der Waals surface area (Å²) in [5.74, 6) is -1.31. The van der Waals surface area contributed by atoms with Crippen LogP contribution in [-0.4, -0.2) is 45.4 Å². The molecule has 10 heteroatoms. The van der Waals surface area contributed by atoms with Gasteiger partial charge in [0.2, 0.25) is 11.8 Å². The van der Waals surface area contributed by atoms with Crippen LogP contribution in [0.25, 0.3) is 10.9 Å². The zero-order valence-corrected chi connectivity index (χ0v) is 17.6. The van der Waals surface area contributed by atoms with E-state index in [1.165, 1.54) is 23.4 Å². The zero-order chi connectivity index (χ0) is 22.8. The van der Waals surface area contributed by atoms with Crippen LogP contribution in [0.3, 0.4) is 0 Å². The predicted molar refractivity (Wildman–Crippen MR) is 116 cm³/mol. The van der Waals surface area contributed by atoms with Crippen LogP contribution < -0.4 is 11.1 Å². The maximum absolute atomic E-state index is 14.2. The van der Waals surface area contributed by atoms with Crippen LogP contribution >= 0.6 is 11.6 Å². The van der Waals surface area contributed by atoms with Gasteiger partial charge < -0.3 is 16.0 Å². The van der Waals surface area contributed by atoms with Crippen molar-refractivity contribution in [2.24, 2.45) is 0 Å². The second kappa shape index (κ2) is 9.04. The Hall–Kier alpha value is -3.33. The SMILES string of the molecule is Nc1ncnc2c(CC(=O)N3C[C@H](F)C[C@H]3C(=O)NCc3cccc(Cl)c3F)cccc12. The van der Waals surface area contributed by atoms with Crippen LogP contribution in [0.5, 0.6) is 0 Å². The molecule has 1 aliphatic heterocycles. The third-order valence-corrected chi connectivity index (χ3v) is 5.77. The summed E-state index contributed by atoms with van der Waals surface area (Å²) in [7, 11) is 0. The summed E-state index contributed by atoms with van der Waals surface area (Å²) in [5.41, 5.74) is 7.21. The van der Waals surface area contributed by atoms with E-state index in [1.54, 1.807) is 24.3 Å². The van der Waals surface area contributed by atoms with Gasteiger partial charge in [-0.15, -0.1) is 0 Å². The van der Waals surface area contributed by atoms with Crippen LogP contribution in [0.15, 0.2) is 42.7 Å². The molecule has 2 atom stereocenters. The molecule has 0 aliphatic carbocycles. The maximum atomic E-state index is 14.2. The lowest BCUT2D eigenvalue weighted by Crippen LogP contribution is -2.46. The number of alkyl halides is 1. The molecule has 4 rings (SSSR count). The highest BCUT2D eigenvalue weighted by molar-refractivity contribution is 6.30. The fourth-order valence-corrected chi connectivity index (χ4v) is 4.06. The summed E-state index contributed by atoms with van der Waals surface area (Å²) in [6.07, 6.45) is -0.222. The molecular weight excluding hydrogens is 440 g/mol. The van der Waals surface area contributed by atoms with Gasteiger partial charge in [0, 0.05) is 23.9 Å². The Morgan fingerprint density at radius 1 is 1.19 bits per heavy atom. The van der Waals surface area contributed by atoms with Crippen LogP contribution in [0, 0.1) is 5.82 Å². The van der Waals surface area contributed by atoms with Crippen LogP contribution in [0.4, 0.5) is 14.6 Å². The molecule has 32 heavy (non-hydrogen) atoms. The Balaban J connectivity index is 1.49. The average molecular weight is 460 g/mol. The Kier molecular flexibility index (Phi) is 6.18. The number of hydrogen-bond acceptors (Lipinski definition) is 5. The van der Waals surface area contributed by atoms with Crippen LogP contribution in [0.2, 0.25) is 5.02 Å². The van der Waals surface area contributed by atoms with Crippen molar-refractivity contribution in [3.8, 4) is 0 Å². The number of para-hydroxylation sites is 1. The van der Waals surface area contributed by atoms with E-state index in [2.05, 4.69) is 15.3 Å². The van der Waals surface area contributed by atoms with Gasteiger partial charge in [-0.05, 0) is 17.7 Å². The Morgan fingerprint density at radius 3 is 2.75 bits per heavy atom. The number of carbonyl (C=O) groups is 2. The molecule has 3 aromatic rings. The van der Waals surface area contributed by atoms with Crippen molar-refractivity contribution in [1.82, 2.24) is 20.2 Å². The Morgan fingerprint density at radius 2 is 1.94 bits per heavy atom. The summed E-state index contributed by atoms with van der Waals surface area (Å²) in [6, 6.07) is 8.68. The van der Waals surface area contributed by atoms with Crippen molar-refractivity contribution in [1.29, 1.82) is 0 Å². The second-order valence-electron chi connectivity index (χ2n) is 7.57. The standard InChI is InChI=1S/C22H20ClF2N5O2/c23-16-6-2-4-13(19(16)25)9-27-22(32)17-8-14(24)10-30(17)18(31)7-12-3-1-5-15-20(12)28-11-29-21(15)26/h1-6,11,14,17H,7-10H2,(H,27,32)(H2,26,28,29)/t14-,17+/m1/s1. The van der Waals surface area contributed by atoms with E-state index in [9.17, 15) is 18.4 Å². The molecule has 0 bridgehead atoms. The Bertz CT molecular complexity index is 1190. The molecule has 0 spiro atoms. The normalized spacial score (nSPS) is 18.2. The van der Waals surface area contributed by atoms with Gasteiger partial charge in [0.05, 0.1) is 23.5 Å². The highest BCUT2D eigenvalue weighted by Gasteiger charge is 2.39. The smallest absolute Gasteiger partial charge is 0.243 e. The fraction of sp³-hybridized carbons (Fsp3) is 0.273. The zero-order valence-electron chi connectivity index (χ0n) is 16.9. The van der Waals surface area contributed by atoms with Gasteiger partial charge in [0.1, 0.15) is 30.2 Å². The number of fused-ring (bicyclic) bond motifs is 1. The minimum Gasteiger partial charge on any atom is -0.383 e. The minimum absolute atomic E-state index is 0.0576. The molecule has 1 saturated heterocycles.